The van der Waals surface area contributed by atoms with Crippen LogP contribution in [0.3, 0.4) is 0 Å². The molecule has 68 valence electrons. The third-order valence-corrected chi connectivity index (χ3v) is 1.79. The van der Waals surface area contributed by atoms with Gasteiger partial charge in [0, 0.05) is 9.93 Å². The first kappa shape index (κ1) is 9.86. The van der Waals surface area contributed by atoms with E-state index in [1.165, 1.54) is 0 Å². The van der Waals surface area contributed by atoms with Gasteiger partial charge in [-0.3, -0.25) is 0 Å². The Bertz CT molecular complexity index is 336. The van der Waals surface area contributed by atoms with Gasteiger partial charge >= 0.3 is 0 Å². The predicted molar refractivity (Wildman–Crippen MR) is 50.4 cm³/mol. The largest absolute Gasteiger partial charge is 0.388 e. The predicted octanol–water partition coefficient (Wildman–Crippen LogP) is 2.68. The minimum atomic E-state index is -0.783. The Hall–Kier alpha value is -1.22. The summed E-state index contributed by atoms with van der Waals surface area (Å²) in [5.74, 6) is 0. The van der Waals surface area contributed by atoms with Crippen molar-refractivity contribution in [3.63, 3.8) is 0 Å². The van der Waals surface area contributed by atoms with Crippen LogP contribution in [-0.2, 0) is 0 Å². The maximum atomic E-state index is 9.45. The first-order valence-corrected chi connectivity index (χ1v) is 4.06. The highest BCUT2D eigenvalue weighted by molar-refractivity contribution is 6.30. The highest BCUT2D eigenvalue weighted by Gasteiger charge is 2.05. The van der Waals surface area contributed by atoms with Gasteiger partial charge in [0.1, 0.15) is 0 Å². The monoisotopic (exact) mass is 197 g/mol. The first-order chi connectivity index (χ1) is 6.24. The molecule has 5 heteroatoms. The van der Waals surface area contributed by atoms with Gasteiger partial charge in [-0.2, -0.15) is 0 Å². The number of halogens is 1. The quantitative estimate of drug-likeness (QED) is 0.452. The second-order valence-electron chi connectivity index (χ2n) is 2.48. The van der Waals surface area contributed by atoms with E-state index in [9.17, 15) is 5.11 Å². The standard InChI is InChI=1S/C8H8ClN3O/c9-7-3-1-2-6(4-7)8(13)5-11-12-10/h1-4,8,13H,5H2/t8-/m1/s1. The lowest BCUT2D eigenvalue weighted by Gasteiger charge is -2.06. The van der Waals surface area contributed by atoms with E-state index in [2.05, 4.69) is 10.0 Å². The summed E-state index contributed by atoms with van der Waals surface area (Å²) in [6.07, 6.45) is -0.783. The molecule has 0 amide bonds. The van der Waals surface area contributed by atoms with E-state index >= 15 is 0 Å². The van der Waals surface area contributed by atoms with E-state index in [0.29, 0.717) is 10.6 Å². The van der Waals surface area contributed by atoms with Crippen molar-refractivity contribution in [1.82, 2.24) is 0 Å². The Morgan fingerprint density at radius 3 is 3.00 bits per heavy atom. The van der Waals surface area contributed by atoms with Crippen LogP contribution in [0.15, 0.2) is 29.4 Å². The molecule has 13 heavy (non-hydrogen) atoms. The molecule has 1 N–H and O–H groups in total. The summed E-state index contributed by atoms with van der Waals surface area (Å²) in [6, 6.07) is 6.81. The van der Waals surface area contributed by atoms with Crippen LogP contribution < -0.4 is 0 Å². The molecular weight excluding hydrogens is 190 g/mol. The third-order valence-electron chi connectivity index (χ3n) is 1.55. The van der Waals surface area contributed by atoms with Gasteiger partial charge in [-0.05, 0) is 23.2 Å². The normalized spacial score (nSPS) is 11.8. The number of nitrogens with zero attached hydrogens (tertiary/aromatic N) is 3. The van der Waals surface area contributed by atoms with E-state index in [1.807, 2.05) is 0 Å². The Morgan fingerprint density at radius 1 is 1.62 bits per heavy atom. The van der Waals surface area contributed by atoms with Gasteiger partial charge in [-0.15, -0.1) is 0 Å². The molecule has 0 spiro atoms. The van der Waals surface area contributed by atoms with Gasteiger partial charge in [-0.1, -0.05) is 28.8 Å². The number of hydrogen-bond acceptors (Lipinski definition) is 2. The summed E-state index contributed by atoms with van der Waals surface area (Å²) in [4.78, 5) is 2.56. The number of aliphatic hydroxyl groups is 1. The van der Waals surface area contributed by atoms with Crippen LogP contribution in [-0.4, -0.2) is 11.7 Å². The summed E-state index contributed by atoms with van der Waals surface area (Å²) in [7, 11) is 0. The topological polar surface area (TPSA) is 69.0 Å². The van der Waals surface area contributed by atoms with E-state index in [0.717, 1.165) is 0 Å². The molecule has 0 aromatic heterocycles. The van der Waals surface area contributed by atoms with Crippen molar-refractivity contribution < 1.29 is 5.11 Å². The van der Waals surface area contributed by atoms with Crippen molar-refractivity contribution in [1.29, 1.82) is 0 Å². The van der Waals surface area contributed by atoms with Crippen molar-refractivity contribution in [2.45, 2.75) is 6.10 Å². The van der Waals surface area contributed by atoms with Gasteiger partial charge < -0.3 is 5.11 Å². The molecule has 1 rings (SSSR count). The fourth-order valence-corrected chi connectivity index (χ4v) is 1.13. The Balaban J connectivity index is 2.76. The SMILES string of the molecule is [N-]=[N+]=NC[C@@H](O)c1cccc(Cl)c1. The third kappa shape index (κ3) is 2.95. The molecular formula is C8H8ClN3O. The molecule has 0 bridgehead atoms. The zero-order valence-electron chi connectivity index (χ0n) is 6.76. The number of rotatable bonds is 3. The molecule has 4 nitrogen and oxygen atoms in total. The number of hydrogen-bond donors (Lipinski definition) is 1. The lowest BCUT2D eigenvalue weighted by molar-refractivity contribution is 0.187. The molecule has 0 aliphatic rings. The maximum absolute atomic E-state index is 9.45. The second kappa shape index (κ2) is 4.72. The first-order valence-electron chi connectivity index (χ1n) is 3.68. The molecule has 0 fully saturated rings. The van der Waals surface area contributed by atoms with Crippen molar-refractivity contribution in [3.8, 4) is 0 Å². The molecule has 1 aromatic carbocycles. The lowest BCUT2D eigenvalue weighted by atomic mass is 10.1. The Labute approximate surface area is 80.4 Å². The van der Waals surface area contributed by atoms with Crippen LogP contribution in [0.5, 0.6) is 0 Å². The molecule has 0 unspecified atom stereocenters. The van der Waals surface area contributed by atoms with Gasteiger partial charge in [0.15, 0.2) is 0 Å². The average Bonchev–Trinajstić information content (AvgIpc) is 2.14. The van der Waals surface area contributed by atoms with Gasteiger partial charge in [-0.25, -0.2) is 0 Å². The van der Waals surface area contributed by atoms with Crippen LogP contribution in [0.4, 0.5) is 0 Å². The molecule has 0 radical (unpaired) electrons. The Morgan fingerprint density at radius 2 is 2.38 bits per heavy atom. The highest BCUT2D eigenvalue weighted by Crippen LogP contribution is 2.17. The summed E-state index contributed by atoms with van der Waals surface area (Å²) >= 11 is 5.71. The van der Waals surface area contributed by atoms with E-state index < -0.39 is 6.10 Å². The van der Waals surface area contributed by atoms with Crippen LogP contribution in [0.2, 0.25) is 5.02 Å². The highest BCUT2D eigenvalue weighted by atomic mass is 35.5. The van der Waals surface area contributed by atoms with E-state index in [1.54, 1.807) is 24.3 Å². The number of aliphatic hydroxyl groups excluding tert-OH is 1. The van der Waals surface area contributed by atoms with Crippen LogP contribution >= 0.6 is 11.6 Å². The molecule has 1 atom stereocenters. The summed E-state index contributed by atoms with van der Waals surface area (Å²) in [5.41, 5.74) is 8.69. The zero-order valence-corrected chi connectivity index (χ0v) is 7.52. The molecule has 0 heterocycles. The van der Waals surface area contributed by atoms with Crippen molar-refractivity contribution in [2.24, 2.45) is 5.11 Å². The van der Waals surface area contributed by atoms with E-state index in [-0.39, 0.29) is 6.54 Å². The summed E-state index contributed by atoms with van der Waals surface area (Å²) in [5, 5.41) is 13.3. The number of azide groups is 1. The molecule has 0 aliphatic carbocycles. The minimum Gasteiger partial charge on any atom is -0.388 e. The molecule has 0 aliphatic heterocycles. The average molecular weight is 198 g/mol. The smallest absolute Gasteiger partial charge is 0.0846 e. The maximum Gasteiger partial charge on any atom is 0.0846 e. The number of benzene rings is 1. The summed E-state index contributed by atoms with van der Waals surface area (Å²) < 4.78 is 0. The van der Waals surface area contributed by atoms with Gasteiger partial charge in [0.05, 0.1) is 12.6 Å². The van der Waals surface area contributed by atoms with Crippen LogP contribution in [0.25, 0.3) is 10.4 Å². The minimum absolute atomic E-state index is 0.0246. The second-order valence-corrected chi connectivity index (χ2v) is 2.92. The van der Waals surface area contributed by atoms with Crippen LogP contribution in [0.1, 0.15) is 11.7 Å². The van der Waals surface area contributed by atoms with Crippen molar-refractivity contribution in [3.05, 3.63) is 45.3 Å². The fourth-order valence-electron chi connectivity index (χ4n) is 0.933. The molecule has 0 saturated heterocycles. The van der Waals surface area contributed by atoms with Gasteiger partial charge in [0.2, 0.25) is 0 Å². The molecule has 0 saturated carbocycles. The van der Waals surface area contributed by atoms with Crippen LogP contribution in [0, 0.1) is 0 Å². The zero-order chi connectivity index (χ0) is 9.68. The van der Waals surface area contributed by atoms with E-state index in [4.69, 9.17) is 17.1 Å². The lowest BCUT2D eigenvalue weighted by Crippen LogP contribution is -2.00. The summed E-state index contributed by atoms with van der Waals surface area (Å²) in [6.45, 7) is 0.0246. The van der Waals surface area contributed by atoms with Crippen molar-refractivity contribution >= 4 is 11.6 Å². The fraction of sp³-hybridized carbons (Fsp3) is 0.250. The molecule has 1 aromatic rings. The Kier molecular flexibility index (Phi) is 3.58. The van der Waals surface area contributed by atoms with Gasteiger partial charge in [0.25, 0.3) is 0 Å². The van der Waals surface area contributed by atoms with Crippen molar-refractivity contribution in [2.75, 3.05) is 6.54 Å².